The molecule has 140 valence electrons. The average Bonchev–Trinajstić information content (AvgIpc) is 3.11. The molecule has 0 fully saturated rings. The number of ether oxygens (including phenoxy) is 1. The summed E-state index contributed by atoms with van der Waals surface area (Å²) in [5.74, 6) is 0.333. The zero-order chi connectivity index (χ0) is 19.6. The number of nitrogens with zero attached hydrogens (tertiary/aromatic N) is 1. The van der Waals surface area contributed by atoms with E-state index in [1.165, 1.54) is 11.3 Å². The zero-order valence-corrected chi connectivity index (χ0v) is 16.2. The fourth-order valence-electron chi connectivity index (χ4n) is 2.74. The monoisotopic (exact) mass is 384 g/mol. The molecule has 0 aliphatic rings. The molecule has 0 radical (unpaired) electrons. The van der Waals surface area contributed by atoms with Gasteiger partial charge >= 0.3 is 5.63 Å². The smallest absolute Gasteiger partial charge is 0.340 e. The second kappa shape index (κ2) is 7.75. The first-order valence-electron chi connectivity index (χ1n) is 8.39. The molecule has 3 rings (SSSR count). The Kier molecular flexibility index (Phi) is 5.41. The Morgan fingerprint density at radius 1 is 1.33 bits per heavy atom. The number of amides is 1. The molecule has 0 saturated carbocycles. The number of hydrogen-bond acceptors (Lipinski definition) is 6. The lowest BCUT2D eigenvalue weighted by molar-refractivity contribution is -0.115. The summed E-state index contributed by atoms with van der Waals surface area (Å²) >= 11 is 1.32. The summed E-state index contributed by atoms with van der Waals surface area (Å²) in [4.78, 5) is 28.8. The van der Waals surface area contributed by atoms with E-state index >= 15 is 0 Å². The summed E-state index contributed by atoms with van der Waals surface area (Å²) in [5, 5.41) is 5.73. The van der Waals surface area contributed by atoms with Crippen molar-refractivity contribution in [3.05, 3.63) is 63.0 Å². The van der Waals surface area contributed by atoms with Gasteiger partial charge in [0.15, 0.2) is 5.13 Å². The van der Waals surface area contributed by atoms with Gasteiger partial charge in [0.2, 0.25) is 5.91 Å². The first-order valence-corrected chi connectivity index (χ1v) is 9.27. The van der Waals surface area contributed by atoms with Crippen LogP contribution in [0.3, 0.4) is 0 Å². The van der Waals surface area contributed by atoms with Gasteiger partial charge in [-0.2, -0.15) is 0 Å². The molecule has 0 saturated heterocycles. The molecule has 0 aliphatic heterocycles. The van der Waals surface area contributed by atoms with E-state index in [0.717, 1.165) is 22.1 Å². The Hall–Kier alpha value is -2.93. The van der Waals surface area contributed by atoms with Crippen LogP contribution in [0.5, 0.6) is 5.75 Å². The van der Waals surface area contributed by atoms with Crippen LogP contribution in [0.4, 0.5) is 5.13 Å². The van der Waals surface area contributed by atoms with Crippen LogP contribution in [0.25, 0.3) is 11.0 Å². The molecule has 27 heavy (non-hydrogen) atoms. The minimum Gasteiger partial charge on any atom is -0.489 e. The van der Waals surface area contributed by atoms with Crippen LogP contribution < -0.4 is 15.7 Å². The molecular weight excluding hydrogens is 364 g/mol. The molecular formula is C20H20N2O4S. The minimum absolute atomic E-state index is 0.0728. The van der Waals surface area contributed by atoms with Gasteiger partial charge < -0.3 is 14.5 Å². The number of aromatic nitrogens is 1. The Bertz CT molecular complexity index is 1070. The van der Waals surface area contributed by atoms with E-state index in [-0.39, 0.29) is 12.3 Å². The third kappa shape index (κ3) is 4.09. The molecule has 3 aromatic rings. The van der Waals surface area contributed by atoms with Gasteiger partial charge in [0.05, 0.1) is 12.0 Å². The topological polar surface area (TPSA) is 81.4 Å². The van der Waals surface area contributed by atoms with E-state index in [4.69, 9.17) is 9.15 Å². The van der Waals surface area contributed by atoms with Crippen LogP contribution in [0.1, 0.15) is 23.6 Å². The predicted molar refractivity (Wildman–Crippen MR) is 107 cm³/mol. The number of benzene rings is 1. The van der Waals surface area contributed by atoms with Gasteiger partial charge in [0.1, 0.15) is 17.9 Å². The Morgan fingerprint density at radius 2 is 2.11 bits per heavy atom. The van der Waals surface area contributed by atoms with Gasteiger partial charge in [0.25, 0.3) is 0 Å². The van der Waals surface area contributed by atoms with Crippen LogP contribution >= 0.6 is 11.3 Å². The van der Waals surface area contributed by atoms with E-state index < -0.39 is 5.63 Å². The van der Waals surface area contributed by atoms with Crippen molar-refractivity contribution in [1.29, 1.82) is 0 Å². The summed E-state index contributed by atoms with van der Waals surface area (Å²) in [6.07, 6.45) is 1.53. The predicted octanol–water partition coefficient (Wildman–Crippen LogP) is 4.00. The number of fused-ring (bicyclic) bond motifs is 1. The highest BCUT2D eigenvalue weighted by Crippen LogP contribution is 2.29. The van der Waals surface area contributed by atoms with Gasteiger partial charge in [-0.05, 0) is 44.0 Å². The molecule has 2 heterocycles. The average molecular weight is 384 g/mol. The first kappa shape index (κ1) is 18.8. The number of rotatable bonds is 6. The quantitative estimate of drug-likeness (QED) is 0.513. The maximum atomic E-state index is 12.5. The zero-order valence-electron chi connectivity index (χ0n) is 15.4. The third-order valence-electron chi connectivity index (χ3n) is 4.14. The number of aryl methyl sites for hydroxylation is 2. The Balaban J connectivity index is 1.94. The highest BCUT2D eigenvalue weighted by Gasteiger charge is 2.18. The van der Waals surface area contributed by atoms with Crippen LogP contribution in [-0.2, 0) is 11.2 Å². The molecule has 7 heteroatoms. The van der Waals surface area contributed by atoms with Gasteiger partial charge in [0, 0.05) is 22.5 Å². The van der Waals surface area contributed by atoms with Crippen molar-refractivity contribution in [2.24, 2.45) is 0 Å². The van der Waals surface area contributed by atoms with Gasteiger partial charge in [-0.25, -0.2) is 9.78 Å². The van der Waals surface area contributed by atoms with E-state index in [1.807, 2.05) is 32.9 Å². The molecule has 0 spiro atoms. The van der Waals surface area contributed by atoms with Crippen molar-refractivity contribution in [2.45, 2.75) is 27.2 Å². The molecule has 0 unspecified atom stereocenters. The summed E-state index contributed by atoms with van der Waals surface area (Å²) in [7, 11) is 0. The number of carbonyl (C=O) groups excluding carboxylic acids is 1. The Morgan fingerprint density at radius 3 is 2.78 bits per heavy atom. The summed E-state index contributed by atoms with van der Waals surface area (Å²) in [5.41, 5.74) is 2.66. The highest BCUT2D eigenvalue weighted by atomic mass is 32.1. The van der Waals surface area contributed by atoms with Crippen molar-refractivity contribution in [3.63, 3.8) is 0 Å². The second-order valence-corrected chi connectivity index (χ2v) is 7.26. The van der Waals surface area contributed by atoms with Gasteiger partial charge in [-0.3, -0.25) is 4.79 Å². The largest absolute Gasteiger partial charge is 0.489 e. The van der Waals surface area contributed by atoms with E-state index in [0.29, 0.717) is 28.6 Å². The van der Waals surface area contributed by atoms with Crippen molar-refractivity contribution >= 4 is 33.3 Å². The molecule has 0 aliphatic carbocycles. The van der Waals surface area contributed by atoms with Gasteiger partial charge in [-0.1, -0.05) is 6.58 Å². The lowest BCUT2D eigenvalue weighted by Crippen LogP contribution is -2.20. The third-order valence-corrected chi connectivity index (χ3v) is 4.83. The van der Waals surface area contributed by atoms with E-state index in [2.05, 4.69) is 16.9 Å². The normalized spacial score (nSPS) is 10.8. The standard InChI is InChI=1S/C20H20N2O4S/c1-11(2)10-25-16-6-5-14-12(3)15(19(24)26-18(14)13(16)4)9-17(23)22-20-21-7-8-27-20/h5-8H,1,9-10H2,2-4H3,(H,21,22,23). The molecule has 1 N–H and O–H groups in total. The van der Waals surface area contributed by atoms with Crippen molar-refractivity contribution in [3.8, 4) is 5.75 Å². The molecule has 1 amide bonds. The second-order valence-electron chi connectivity index (χ2n) is 6.37. The van der Waals surface area contributed by atoms with Gasteiger partial charge in [-0.15, -0.1) is 11.3 Å². The molecule has 0 bridgehead atoms. The van der Waals surface area contributed by atoms with Crippen LogP contribution in [0.15, 0.2) is 45.1 Å². The Labute approximate surface area is 160 Å². The summed E-state index contributed by atoms with van der Waals surface area (Å²) in [6.45, 7) is 9.75. The molecule has 0 atom stereocenters. The number of anilines is 1. The highest BCUT2D eigenvalue weighted by molar-refractivity contribution is 7.13. The minimum atomic E-state index is -0.519. The van der Waals surface area contributed by atoms with Crippen LogP contribution in [0.2, 0.25) is 0 Å². The van der Waals surface area contributed by atoms with E-state index in [9.17, 15) is 9.59 Å². The van der Waals surface area contributed by atoms with Crippen molar-refractivity contribution < 1.29 is 13.9 Å². The molecule has 1 aromatic carbocycles. The number of nitrogens with one attached hydrogen (secondary N) is 1. The summed E-state index contributed by atoms with van der Waals surface area (Å²) in [6, 6.07) is 3.68. The number of carbonyl (C=O) groups is 1. The number of thiazole rings is 1. The summed E-state index contributed by atoms with van der Waals surface area (Å²) < 4.78 is 11.2. The lowest BCUT2D eigenvalue weighted by Gasteiger charge is -2.13. The van der Waals surface area contributed by atoms with Crippen LogP contribution in [-0.4, -0.2) is 17.5 Å². The van der Waals surface area contributed by atoms with Crippen molar-refractivity contribution in [1.82, 2.24) is 4.98 Å². The SMILES string of the molecule is C=C(C)COc1ccc2c(C)c(CC(=O)Nc3nccs3)c(=O)oc2c1C. The lowest BCUT2D eigenvalue weighted by atomic mass is 10.0. The molecule has 6 nitrogen and oxygen atoms in total. The first-order chi connectivity index (χ1) is 12.9. The molecule has 2 aromatic heterocycles. The number of hydrogen-bond donors (Lipinski definition) is 1. The maximum absolute atomic E-state index is 12.5. The fourth-order valence-corrected chi connectivity index (χ4v) is 3.29. The van der Waals surface area contributed by atoms with Crippen molar-refractivity contribution in [2.75, 3.05) is 11.9 Å². The van der Waals surface area contributed by atoms with E-state index in [1.54, 1.807) is 11.6 Å². The maximum Gasteiger partial charge on any atom is 0.340 e. The van der Waals surface area contributed by atoms with Crippen LogP contribution in [0, 0.1) is 13.8 Å². The fraction of sp³-hybridized carbons (Fsp3) is 0.250.